The lowest BCUT2D eigenvalue weighted by atomic mass is 10.1. The van der Waals surface area contributed by atoms with Crippen LogP contribution in [0.3, 0.4) is 0 Å². The number of anilines is 1. The Morgan fingerprint density at radius 2 is 1.79 bits per heavy atom. The Labute approximate surface area is 164 Å². The number of ether oxygens (including phenoxy) is 1. The first kappa shape index (κ1) is 18.4. The molecule has 2 aliphatic rings. The molecule has 0 N–H and O–H groups in total. The van der Waals surface area contributed by atoms with Crippen LogP contribution in [-0.4, -0.2) is 72.0 Å². The largest absolute Gasteiger partial charge is 0.369 e. The van der Waals surface area contributed by atoms with Crippen LogP contribution in [0.15, 0.2) is 54.7 Å². The predicted molar refractivity (Wildman–Crippen MR) is 105 cm³/mol. The zero-order valence-electron chi connectivity index (χ0n) is 15.7. The fraction of sp³-hybridized carbons (Fsp3) is 0.381. The summed E-state index contributed by atoms with van der Waals surface area (Å²) in [6.07, 6.45) is 1.78. The minimum atomic E-state index is -0.567. The molecule has 7 nitrogen and oxygen atoms in total. The molecule has 2 aromatic rings. The van der Waals surface area contributed by atoms with Gasteiger partial charge in [0.05, 0.1) is 6.61 Å². The molecular formula is C21H24N4O3. The third-order valence-electron chi connectivity index (χ3n) is 5.24. The van der Waals surface area contributed by atoms with Crippen molar-refractivity contribution >= 4 is 17.6 Å². The summed E-state index contributed by atoms with van der Waals surface area (Å²) in [4.78, 5) is 35.7. The SMILES string of the molecule is O=C([C@H]1COCC(=O)N1Cc1ccccc1)N1CCN(c2ccccn2)CC1. The van der Waals surface area contributed by atoms with E-state index in [1.54, 1.807) is 11.1 Å². The number of carbonyl (C=O) groups is 2. The number of hydrogen-bond donors (Lipinski definition) is 0. The summed E-state index contributed by atoms with van der Waals surface area (Å²) in [6, 6.07) is 15.0. The van der Waals surface area contributed by atoms with Crippen LogP contribution in [0.5, 0.6) is 0 Å². The number of aromatic nitrogens is 1. The number of amides is 2. The number of hydrogen-bond acceptors (Lipinski definition) is 5. The van der Waals surface area contributed by atoms with Crippen LogP contribution in [0.25, 0.3) is 0 Å². The molecule has 7 heteroatoms. The van der Waals surface area contributed by atoms with Crippen molar-refractivity contribution < 1.29 is 14.3 Å². The molecule has 2 amide bonds. The van der Waals surface area contributed by atoms with E-state index in [1.807, 2.05) is 53.4 Å². The first-order valence-corrected chi connectivity index (χ1v) is 9.58. The number of nitrogens with zero attached hydrogens (tertiary/aromatic N) is 4. The summed E-state index contributed by atoms with van der Waals surface area (Å²) in [7, 11) is 0. The van der Waals surface area contributed by atoms with Gasteiger partial charge in [-0.2, -0.15) is 0 Å². The minimum absolute atomic E-state index is 0.0318. The van der Waals surface area contributed by atoms with E-state index >= 15 is 0 Å². The first-order valence-electron chi connectivity index (χ1n) is 9.58. The second kappa shape index (κ2) is 8.39. The Bertz CT molecular complexity index is 807. The highest BCUT2D eigenvalue weighted by molar-refractivity contribution is 5.89. The third kappa shape index (κ3) is 3.99. The van der Waals surface area contributed by atoms with Crippen molar-refractivity contribution in [1.29, 1.82) is 0 Å². The molecule has 0 unspecified atom stereocenters. The van der Waals surface area contributed by atoms with Crippen LogP contribution < -0.4 is 4.90 Å². The van der Waals surface area contributed by atoms with Crippen molar-refractivity contribution in [2.75, 3.05) is 44.3 Å². The Balaban J connectivity index is 1.42. The maximum atomic E-state index is 13.2. The van der Waals surface area contributed by atoms with Crippen LogP contribution in [0, 0.1) is 0 Å². The summed E-state index contributed by atoms with van der Waals surface area (Å²) in [5.74, 6) is 0.752. The van der Waals surface area contributed by atoms with E-state index in [4.69, 9.17) is 4.74 Å². The maximum Gasteiger partial charge on any atom is 0.249 e. The van der Waals surface area contributed by atoms with Gasteiger partial charge in [0.2, 0.25) is 11.8 Å². The van der Waals surface area contributed by atoms with E-state index in [9.17, 15) is 9.59 Å². The molecule has 2 aliphatic heterocycles. The molecule has 0 radical (unpaired) electrons. The monoisotopic (exact) mass is 380 g/mol. The highest BCUT2D eigenvalue weighted by atomic mass is 16.5. The Morgan fingerprint density at radius 3 is 2.50 bits per heavy atom. The Morgan fingerprint density at radius 1 is 1.04 bits per heavy atom. The fourth-order valence-corrected chi connectivity index (χ4v) is 3.70. The summed E-state index contributed by atoms with van der Waals surface area (Å²) in [5, 5.41) is 0. The first-order chi connectivity index (χ1) is 13.7. The number of piperazine rings is 1. The molecule has 3 heterocycles. The summed E-state index contributed by atoms with van der Waals surface area (Å²) >= 11 is 0. The molecule has 4 rings (SSSR count). The molecule has 28 heavy (non-hydrogen) atoms. The van der Waals surface area contributed by atoms with Gasteiger partial charge < -0.3 is 19.4 Å². The van der Waals surface area contributed by atoms with E-state index in [2.05, 4.69) is 9.88 Å². The third-order valence-corrected chi connectivity index (χ3v) is 5.24. The molecule has 1 aromatic heterocycles. The molecule has 1 atom stereocenters. The number of carbonyl (C=O) groups excluding carboxylic acids is 2. The van der Waals surface area contributed by atoms with E-state index in [1.165, 1.54) is 0 Å². The zero-order valence-corrected chi connectivity index (χ0v) is 15.7. The van der Waals surface area contributed by atoms with E-state index in [0.717, 1.165) is 24.5 Å². The van der Waals surface area contributed by atoms with Crippen molar-refractivity contribution in [3.05, 3.63) is 60.3 Å². The molecule has 146 valence electrons. The van der Waals surface area contributed by atoms with Crippen molar-refractivity contribution in [3.8, 4) is 0 Å². The smallest absolute Gasteiger partial charge is 0.249 e. The van der Waals surface area contributed by atoms with Crippen molar-refractivity contribution in [2.24, 2.45) is 0 Å². The van der Waals surface area contributed by atoms with Crippen molar-refractivity contribution in [3.63, 3.8) is 0 Å². The van der Waals surface area contributed by atoms with E-state index in [0.29, 0.717) is 19.6 Å². The zero-order chi connectivity index (χ0) is 19.3. The van der Waals surface area contributed by atoms with Crippen LogP contribution in [0.2, 0.25) is 0 Å². The van der Waals surface area contributed by atoms with Gasteiger partial charge in [-0.05, 0) is 17.7 Å². The normalized spacial score (nSPS) is 20.4. The Kier molecular flexibility index (Phi) is 5.53. The average Bonchev–Trinajstić information content (AvgIpc) is 2.76. The second-order valence-electron chi connectivity index (χ2n) is 7.04. The minimum Gasteiger partial charge on any atom is -0.369 e. The molecular weight excluding hydrogens is 356 g/mol. The van der Waals surface area contributed by atoms with Gasteiger partial charge >= 0.3 is 0 Å². The van der Waals surface area contributed by atoms with Gasteiger partial charge in [0.1, 0.15) is 18.5 Å². The van der Waals surface area contributed by atoms with Gasteiger partial charge in [-0.3, -0.25) is 9.59 Å². The highest BCUT2D eigenvalue weighted by Crippen LogP contribution is 2.18. The summed E-state index contributed by atoms with van der Waals surface area (Å²) in [5.41, 5.74) is 1.01. The van der Waals surface area contributed by atoms with Crippen molar-refractivity contribution in [2.45, 2.75) is 12.6 Å². The molecule has 0 aliphatic carbocycles. The lowest BCUT2D eigenvalue weighted by molar-refractivity contribution is -0.160. The Hall–Kier alpha value is -2.93. The summed E-state index contributed by atoms with van der Waals surface area (Å²) < 4.78 is 5.41. The van der Waals surface area contributed by atoms with Gasteiger partial charge in [-0.1, -0.05) is 36.4 Å². The molecule has 2 fully saturated rings. The van der Waals surface area contributed by atoms with Gasteiger partial charge in [0.25, 0.3) is 0 Å². The van der Waals surface area contributed by atoms with E-state index in [-0.39, 0.29) is 25.0 Å². The lowest BCUT2D eigenvalue weighted by Gasteiger charge is -2.40. The van der Waals surface area contributed by atoms with Gasteiger partial charge in [-0.15, -0.1) is 0 Å². The quantitative estimate of drug-likeness (QED) is 0.796. The van der Waals surface area contributed by atoms with Gasteiger partial charge in [0, 0.05) is 38.9 Å². The molecule has 1 aromatic carbocycles. The van der Waals surface area contributed by atoms with Crippen LogP contribution in [0.1, 0.15) is 5.56 Å². The van der Waals surface area contributed by atoms with Gasteiger partial charge in [0.15, 0.2) is 0 Å². The number of morpholine rings is 1. The van der Waals surface area contributed by atoms with Crippen LogP contribution >= 0.6 is 0 Å². The standard InChI is InChI=1S/C21H24N4O3/c26-20-16-28-15-18(25(20)14-17-6-2-1-3-7-17)21(27)24-12-10-23(11-13-24)19-8-4-5-9-22-19/h1-9,18H,10-16H2/t18-/m1/s1. The topological polar surface area (TPSA) is 66.0 Å². The number of pyridine rings is 1. The summed E-state index contributed by atoms with van der Waals surface area (Å²) in [6.45, 7) is 3.37. The molecule has 0 bridgehead atoms. The fourth-order valence-electron chi connectivity index (χ4n) is 3.70. The average molecular weight is 380 g/mol. The molecule has 2 saturated heterocycles. The number of rotatable bonds is 4. The number of benzene rings is 1. The maximum absolute atomic E-state index is 13.2. The predicted octanol–water partition coefficient (Wildman–Crippen LogP) is 1.16. The molecule has 0 spiro atoms. The second-order valence-corrected chi connectivity index (χ2v) is 7.04. The van der Waals surface area contributed by atoms with Gasteiger partial charge in [-0.25, -0.2) is 4.98 Å². The van der Waals surface area contributed by atoms with Crippen LogP contribution in [0.4, 0.5) is 5.82 Å². The van der Waals surface area contributed by atoms with Crippen molar-refractivity contribution in [1.82, 2.24) is 14.8 Å². The lowest BCUT2D eigenvalue weighted by Crippen LogP contribution is -2.59. The van der Waals surface area contributed by atoms with E-state index < -0.39 is 6.04 Å². The molecule has 0 saturated carbocycles. The van der Waals surface area contributed by atoms with Crippen LogP contribution in [-0.2, 0) is 20.9 Å². The highest BCUT2D eigenvalue weighted by Gasteiger charge is 2.37.